The maximum Gasteiger partial charge on any atom is 0.133 e. The van der Waals surface area contributed by atoms with Gasteiger partial charge in [0, 0.05) is 28.2 Å². The van der Waals surface area contributed by atoms with Crippen LogP contribution in [0.2, 0.25) is 0 Å². The number of hydrogen-bond acceptors (Lipinski definition) is 3. The van der Waals surface area contributed by atoms with E-state index in [1.807, 2.05) is 13.8 Å². The third kappa shape index (κ3) is 3.22. The lowest BCUT2D eigenvalue weighted by molar-refractivity contribution is 0.622. The van der Waals surface area contributed by atoms with Gasteiger partial charge in [-0.25, -0.2) is 14.4 Å². The lowest BCUT2D eigenvalue weighted by Crippen LogP contribution is -2.15. The van der Waals surface area contributed by atoms with Gasteiger partial charge in [-0.3, -0.25) is 0 Å². The Hall–Kier alpha value is -1.33. The van der Waals surface area contributed by atoms with E-state index >= 15 is 0 Å². The van der Waals surface area contributed by atoms with Gasteiger partial charge in [-0.1, -0.05) is 22.9 Å². The largest absolute Gasteiger partial charge is 0.330 e. The average Bonchev–Trinajstić information content (AvgIpc) is 2.42. The Balaban J connectivity index is 2.54. The van der Waals surface area contributed by atoms with Crippen molar-refractivity contribution in [2.45, 2.75) is 26.2 Å². The molecule has 106 valence electrons. The first-order valence-corrected chi connectivity index (χ1v) is 7.35. The topological polar surface area (TPSA) is 51.8 Å². The Morgan fingerprint density at radius 3 is 2.70 bits per heavy atom. The zero-order chi connectivity index (χ0) is 14.7. The molecule has 1 heterocycles. The number of nitrogens with two attached hydrogens (primary N) is 1. The summed E-state index contributed by atoms with van der Waals surface area (Å²) >= 11 is 3.36. The van der Waals surface area contributed by atoms with Gasteiger partial charge in [0.15, 0.2) is 0 Å². The van der Waals surface area contributed by atoms with E-state index < -0.39 is 0 Å². The molecule has 0 aliphatic rings. The minimum atomic E-state index is -0.293. The number of hydrogen-bond donors (Lipinski definition) is 1. The van der Waals surface area contributed by atoms with Gasteiger partial charge in [-0.15, -0.1) is 0 Å². The second-order valence-electron chi connectivity index (χ2n) is 4.72. The fraction of sp³-hybridized carbons (Fsp3) is 0.333. The van der Waals surface area contributed by atoms with Crippen LogP contribution >= 0.6 is 15.9 Å². The maximum absolute atomic E-state index is 14.0. The van der Waals surface area contributed by atoms with Crippen molar-refractivity contribution < 1.29 is 4.39 Å². The predicted molar refractivity (Wildman–Crippen MR) is 81.9 cm³/mol. The van der Waals surface area contributed by atoms with Gasteiger partial charge in [0.05, 0.1) is 5.69 Å². The molecule has 0 saturated carbocycles. The fourth-order valence-corrected chi connectivity index (χ4v) is 2.42. The predicted octanol–water partition coefficient (Wildman–Crippen LogP) is 3.81. The van der Waals surface area contributed by atoms with Crippen molar-refractivity contribution in [3.8, 4) is 11.3 Å². The molecule has 2 N–H and O–H groups in total. The van der Waals surface area contributed by atoms with Crippen LogP contribution in [0.15, 0.2) is 28.7 Å². The molecule has 0 saturated heterocycles. The maximum atomic E-state index is 14.0. The number of benzene rings is 1. The molecule has 0 aliphatic carbocycles. The van der Waals surface area contributed by atoms with Crippen molar-refractivity contribution in [3.63, 3.8) is 0 Å². The smallest absolute Gasteiger partial charge is 0.133 e. The first kappa shape index (κ1) is 15.1. The number of halogens is 2. The lowest BCUT2D eigenvalue weighted by Gasteiger charge is -2.13. The van der Waals surface area contributed by atoms with Crippen LogP contribution in [0.4, 0.5) is 4.39 Å². The Kier molecular flexibility index (Phi) is 4.83. The van der Waals surface area contributed by atoms with E-state index in [1.165, 1.54) is 6.07 Å². The van der Waals surface area contributed by atoms with Gasteiger partial charge in [0.2, 0.25) is 0 Å². The molecule has 20 heavy (non-hydrogen) atoms. The molecule has 0 bridgehead atoms. The minimum absolute atomic E-state index is 0.101. The Morgan fingerprint density at radius 2 is 2.05 bits per heavy atom. The summed E-state index contributed by atoms with van der Waals surface area (Å²) in [6, 6.07) is 6.61. The molecule has 2 aromatic rings. The van der Waals surface area contributed by atoms with Crippen molar-refractivity contribution in [2.75, 3.05) is 6.54 Å². The Morgan fingerprint density at radius 1 is 1.30 bits per heavy atom. The molecule has 1 unspecified atom stereocenters. The van der Waals surface area contributed by atoms with E-state index in [9.17, 15) is 4.39 Å². The molecule has 0 fully saturated rings. The summed E-state index contributed by atoms with van der Waals surface area (Å²) in [4.78, 5) is 8.92. The van der Waals surface area contributed by atoms with Gasteiger partial charge in [0.25, 0.3) is 0 Å². The van der Waals surface area contributed by atoms with E-state index in [0.717, 1.165) is 16.6 Å². The summed E-state index contributed by atoms with van der Waals surface area (Å²) < 4.78 is 14.8. The number of nitrogens with zero attached hydrogens (tertiary/aromatic N) is 2. The van der Waals surface area contributed by atoms with E-state index in [2.05, 4.69) is 25.9 Å². The quantitative estimate of drug-likeness (QED) is 0.922. The highest BCUT2D eigenvalue weighted by Crippen LogP contribution is 2.26. The number of aromatic nitrogens is 2. The van der Waals surface area contributed by atoms with Gasteiger partial charge in [-0.05, 0) is 37.6 Å². The van der Waals surface area contributed by atoms with Crippen molar-refractivity contribution in [1.29, 1.82) is 0 Å². The van der Waals surface area contributed by atoms with Crippen LogP contribution in [0.5, 0.6) is 0 Å². The van der Waals surface area contributed by atoms with Crippen LogP contribution in [0.1, 0.15) is 30.8 Å². The van der Waals surface area contributed by atoms with Crippen molar-refractivity contribution in [3.05, 3.63) is 46.1 Å². The zero-order valence-electron chi connectivity index (χ0n) is 11.5. The average molecular weight is 338 g/mol. The van der Waals surface area contributed by atoms with Crippen molar-refractivity contribution in [2.24, 2.45) is 5.73 Å². The molecule has 0 spiro atoms. The van der Waals surface area contributed by atoms with Crippen LogP contribution in [0.25, 0.3) is 11.3 Å². The van der Waals surface area contributed by atoms with E-state index in [1.54, 1.807) is 18.2 Å². The van der Waals surface area contributed by atoms with E-state index in [-0.39, 0.29) is 11.7 Å². The SMILES string of the molecule is CCC(CN)c1nc(C)cc(-c2cc(Br)ccc2F)n1. The molecule has 1 atom stereocenters. The third-order valence-corrected chi connectivity index (χ3v) is 3.71. The lowest BCUT2D eigenvalue weighted by atomic mass is 10.0. The second kappa shape index (κ2) is 6.41. The standard InChI is InChI=1S/C15H17BrFN3/c1-3-10(8-18)15-19-9(2)6-14(20-15)12-7-11(16)4-5-13(12)17/h4-7,10H,3,8,18H2,1-2H3. The molecular weight excluding hydrogens is 321 g/mol. The molecule has 3 nitrogen and oxygen atoms in total. The second-order valence-corrected chi connectivity index (χ2v) is 5.63. The highest BCUT2D eigenvalue weighted by atomic mass is 79.9. The molecule has 1 aromatic heterocycles. The summed E-state index contributed by atoms with van der Waals surface area (Å²) in [5, 5.41) is 0. The highest BCUT2D eigenvalue weighted by molar-refractivity contribution is 9.10. The summed E-state index contributed by atoms with van der Waals surface area (Å²) in [5.41, 5.74) is 7.63. The van der Waals surface area contributed by atoms with Gasteiger partial charge < -0.3 is 5.73 Å². The van der Waals surface area contributed by atoms with Crippen LogP contribution < -0.4 is 5.73 Å². The first-order chi connectivity index (χ1) is 9.55. The molecule has 0 aliphatic heterocycles. The molecule has 2 rings (SSSR count). The van der Waals surface area contributed by atoms with Gasteiger partial charge in [0.1, 0.15) is 11.6 Å². The van der Waals surface area contributed by atoms with Crippen LogP contribution in [0.3, 0.4) is 0 Å². The number of aryl methyl sites for hydroxylation is 1. The van der Waals surface area contributed by atoms with Crippen LogP contribution in [0, 0.1) is 12.7 Å². The molecule has 5 heteroatoms. The minimum Gasteiger partial charge on any atom is -0.330 e. The molecule has 0 radical (unpaired) electrons. The van der Waals surface area contributed by atoms with Crippen molar-refractivity contribution in [1.82, 2.24) is 9.97 Å². The van der Waals surface area contributed by atoms with Crippen LogP contribution in [-0.2, 0) is 0 Å². The Labute approximate surface area is 126 Å². The van der Waals surface area contributed by atoms with E-state index in [4.69, 9.17) is 5.73 Å². The summed E-state index contributed by atoms with van der Waals surface area (Å²) in [7, 11) is 0. The normalized spacial score (nSPS) is 12.4. The monoisotopic (exact) mass is 337 g/mol. The highest BCUT2D eigenvalue weighted by Gasteiger charge is 2.15. The van der Waals surface area contributed by atoms with E-state index in [0.29, 0.717) is 23.6 Å². The summed E-state index contributed by atoms with van der Waals surface area (Å²) in [6.45, 7) is 4.41. The van der Waals surface area contributed by atoms with Gasteiger partial charge >= 0.3 is 0 Å². The molecular formula is C15H17BrFN3. The van der Waals surface area contributed by atoms with Crippen molar-refractivity contribution >= 4 is 15.9 Å². The Bertz CT molecular complexity index is 612. The molecule has 1 aromatic carbocycles. The zero-order valence-corrected chi connectivity index (χ0v) is 13.1. The van der Waals surface area contributed by atoms with Gasteiger partial charge in [-0.2, -0.15) is 0 Å². The summed E-state index contributed by atoms with van der Waals surface area (Å²) in [5.74, 6) is 0.492. The number of rotatable bonds is 4. The van der Waals surface area contributed by atoms with Crippen LogP contribution in [-0.4, -0.2) is 16.5 Å². The first-order valence-electron chi connectivity index (χ1n) is 6.56. The fourth-order valence-electron chi connectivity index (χ4n) is 2.06. The molecule has 0 amide bonds. The third-order valence-electron chi connectivity index (χ3n) is 3.22. The summed E-state index contributed by atoms with van der Waals surface area (Å²) in [6.07, 6.45) is 0.861.